The van der Waals surface area contributed by atoms with Crippen molar-refractivity contribution in [1.82, 2.24) is 15.8 Å². The molecule has 1 heterocycles. The highest BCUT2D eigenvalue weighted by atomic mass is 19.1. The van der Waals surface area contributed by atoms with Crippen LogP contribution in [-0.2, 0) is 19.4 Å². The van der Waals surface area contributed by atoms with E-state index < -0.39 is 11.6 Å². The predicted molar refractivity (Wildman–Crippen MR) is 213 cm³/mol. The van der Waals surface area contributed by atoms with E-state index in [4.69, 9.17) is 5.73 Å². The molecule has 1 saturated carbocycles. The fraction of sp³-hybridized carbons (Fsp3) is 0.512. The molecule has 1 aliphatic heterocycles. The third-order valence-corrected chi connectivity index (χ3v) is 10.7. The van der Waals surface area contributed by atoms with Gasteiger partial charge >= 0.3 is 0 Å². The average Bonchev–Trinajstić information content (AvgIpc) is 3.81. The fourth-order valence-electron chi connectivity index (χ4n) is 7.96. The molecule has 2 aliphatic rings. The van der Waals surface area contributed by atoms with Crippen molar-refractivity contribution in [1.29, 1.82) is 0 Å². The number of rotatable bonds is 19. The summed E-state index contributed by atoms with van der Waals surface area (Å²) in [5, 5.41) is 5.44. The first kappa shape index (κ1) is 38.9. The summed E-state index contributed by atoms with van der Waals surface area (Å²) in [5.41, 5.74) is 18.0. The molecular formula is C43H59BF2N5. The number of nitrogens with two attached hydrogens (primary N) is 1. The van der Waals surface area contributed by atoms with E-state index in [2.05, 4.69) is 80.1 Å². The van der Waals surface area contributed by atoms with Crippen LogP contribution in [0.15, 0.2) is 59.7 Å². The lowest BCUT2D eigenvalue weighted by Crippen LogP contribution is -2.37. The summed E-state index contributed by atoms with van der Waals surface area (Å²) in [6.45, 7) is 10.8. The molecule has 273 valence electrons. The number of nitrogens with zero attached hydrogens (tertiary/aromatic N) is 2. The van der Waals surface area contributed by atoms with Crippen molar-refractivity contribution in [3.63, 3.8) is 0 Å². The van der Waals surface area contributed by atoms with Gasteiger partial charge in [-0.1, -0.05) is 89.9 Å². The second-order valence-electron chi connectivity index (χ2n) is 14.6. The van der Waals surface area contributed by atoms with Crippen LogP contribution >= 0.6 is 0 Å². The highest BCUT2D eigenvalue weighted by Gasteiger charge is 2.32. The van der Waals surface area contributed by atoms with Crippen molar-refractivity contribution >= 4 is 24.8 Å². The average molecular weight is 695 g/mol. The second kappa shape index (κ2) is 19.5. The zero-order valence-electron chi connectivity index (χ0n) is 31.4. The zero-order valence-corrected chi connectivity index (χ0v) is 31.4. The highest BCUT2D eigenvalue weighted by Crippen LogP contribution is 2.40. The molecule has 0 amide bonds. The number of unbranched alkanes of at least 4 members (excludes halogenated alkanes) is 1. The molecule has 3 aromatic carbocycles. The Balaban J connectivity index is 1.33. The van der Waals surface area contributed by atoms with E-state index in [-0.39, 0.29) is 12.1 Å². The maximum absolute atomic E-state index is 15.4. The van der Waals surface area contributed by atoms with Gasteiger partial charge in [-0.3, -0.25) is 4.99 Å². The van der Waals surface area contributed by atoms with Crippen LogP contribution in [0.2, 0.25) is 12.6 Å². The van der Waals surface area contributed by atoms with Crippen molar-refractivity contribution in [2.45, 2.75) is 117 Å². The number of nitrogens with one attached hydrogen (secondary N) is 2. The molecular weight excluding hydrogens is 635 g/mol. The van der Waals surface area contributed by atoms with Crippen molar-refractivity contribution in [2.75, 3.05) is 19.6 Å². The van der Waals surface area contributed by atoms with Gasteiger partial charge in [0.2, 0.25) is 0 Å². The van der Waals surface area contributed by atoms with Gasteiger partial charge < -0.3 is 16.1 Å². The molecule has 1 aliphatic carbocycles. The maximum atomic E-state index is 15.4. The van der Waals surface area contributed by atoms with E-state index >= 15 is 8.78 Å². The largest absolute Gasteiger partial charge is 0.326 e. The second-order valence-corrected chi connectivity index (χ2v) is 14.6. The van der Waals surface area contributed by atoms with Crippen LogP contribution in [-0.4, -0.2) is 44.2 Å². The van der Waals surface area contributed by atoms with Crippen molar-refractivity contribution in [3.8, 4) is 11.1 Å². The number of hydrazine groups is 1. The Labute approximate surface area is 306 Å². The first-order valence-electron chi connectivity index (χ1n) is 19.6. The van der Waals surface area contributed by atoms with Crippen LogP contribution in [0.1, 0.15) is 106 Å². The van der Waals surface area contributed by atoms with E-state index in [0.29, 0.717) is 43.1 Å². The van der Waals surface area contributed by atoms with Crippen molar-refractivity contribution in [2.24, 2.45) is 16.6 Å². The van der Waals surface area contributed by atoms with E-state index in [9.17, 15) is 0 Å². The standard InChI is InChI=1S/C43H59BF2N5/c1-5-8-11-30(4)38-24-32(14-16-33(38)10-6-2)22-31-15-17-36(23-31)51-29-35(27-50-51)43-37(12-9-13-42(43)49-21-19-47)34-25-40(45)39(41(46)26-34)28-48-20-18-44-7-3/h9,12-14,16,21,24-26,29-31,36,48,50H,5-8,10-11,15,17-20,22-23,27-28,47H2,1-4H3. The molecule has 3 unspecified atom stereocenters. The quantitative estimate of drug-likeness (QED) is 0.0664. The monoisotopic (exact) mass is 694 g/mol. The number of hydrogen-bond acceptors (Lipinski definition) is 5. The Morgan fingerprint density at radius 2 is 1.90 bits per heavy atom. The van der Waals surface area contributed by atoms with Gasteiger partial charge in [0.25, 0.3) is 0 Å². The van der Waals surface area contributed by atoms with Gasteiger partial charge in [-0.2, -0.15) is 0 Å². The van der Waals surface area contributed by atoms with Gasteiger partial charge in [-0.25, -0.2) is 14.2 Å². The van der Waals surface area contributed by atoms with Gasteiger partial charge in [-0.05, 0) is 108 Å². The molecule has 0 bridgehead atoms. The first-order valence-corrected chi connectivity index (χ1v) is 19.6. The highest BCUT2D eigenvalue weighted by molar-refractivity contribution is 6.35. The maximum Gasteiger partial charge on any atom is 0.131 e. The summed E-state index contributed by atoms with van der Waals surface area (Å²) in [5.74, 6) is 0.145. The number of benzene rings is 3. The molecule has 1 radical (unpaired) electrons. The van der Waals surface area contributed by atoms with Gasteiger partial charge in [0.1, 0.15) is 18.9 Å². The normalized spacial score (nSPS) is 18.2. The van der Waals surface area contributed by atoms with E-state index in [1.165, 1.54) is 55.4 Å². The third-order valence-electron chi connectivity index (χ3n) is 10.7. The molecule has 0 spiro atoms. The van der Waals surface area contributed by atoms with Crippen molar-refractivity contribution in [3.05, 3.63) is 94.2 Å². The molecule has 0 saturated heterocycles. The Kier molecular flexibility index (Phi) is 14.9. The number of hydrogen-bond donors (Lipinski definition) is 3. The lowest BCUT2D eigenvalue weighted by Gasteiger charge is -2.24. The summed E-state index contributed by atoms with van der Waals surface area (Å²) < 4.78 is 30.9. The Morgan fingerprint density at radius 1 is 1.08 bits per heavy atom. The van der Waals surface area contributed by atoms with Crippen LogP contribution in [0.5, 0.6) is 0 Å². The minimum absolute atomic E-state index is 0.0666. The van der Waals surface area contributed by atoms with E-state index in [1.54, 1.807) is 11.8 Å². The van der Waals surface area contributed by atoms with Crippen LogP contribution in [0.25, 0.3) is 16.7 Å². The predicted octanol–water partition coefficient (Wildman–Crippen LogP) is 9.76. The molecule has 3 aromatic rings. The van der Waals surface area contributed by atoms with Crippen LogP contribution < -0.4 is 16.5 Å². The van der Waals surface area contributed by atoms with Gasteiger partial charge in [0.05, 0.1) is 5.69 Å². The topological polar surface area (TPSA) is 65.7 Å². The van der Waals surface area contributed by atoms with Crippen LogP contribution in [0.3, 0.4) is 0 Å². The number of aliphatic imine (C=N–C) groups is 1. The Morgan fingerprint density at radius 3 is 2.65 bits per heavy atom. The Hall–Kier alpha value is -3.33. The summed E-state index contributed by atoms with van der Waals surface area (Å²) in [6.07, 6.45) is 16.4. The van der Waals surface area contributed by atoms with Gasteiger partial charge in [0.15, 0.2) is 0 Å². The molecule has 0 aromatic heterocycles. The molecule has 8 heteroatoms. The Bertz CT molecular complexity index is 1620. The van der Waals surface area contributed by atoms with Gasteiger partial charge in [-0.15, -0.1) is 0 Å². The number of halogens is 2. The lowest BCUT2D eigenvalue weighted by atomic mass is 9.72. The SMILES string of the molecule is CC[B]CCNCc1c(F)cc(-c2cccc(N=CCN)c2C2=CN(C3CCC(Cc4ccc(CCC)c(C(C)CCCC)c4)C3)NC2)cc1F. The lowest BCUT2D eigenvalue weighted by molar-refractivity contribution is 0.219. The van der Waals surface area contributed by atoms with Gasteiger partial charge in [0, 0.05) is 49.2 Å². The molecule has 3 atom stereocenters. The molecule has 1 fully saturated rings. The smallest absolute Gasteiger partial charge is 0.131 e. The van der Waals surface area contributed by atoms with Crippen LogP contribution in [0, 0.1) is 17.6 Å². The minimum atomic E-state index is -0.543. The molecule has 51 heavy (non-hydrogen) atoms. The molecule has 4 N–H and O–H groups in total. The van der Waals surface area contributed by atoms with Crippen molar-refractivity contribution < 1.29 is 8.78 Å². The summed E-state index contributed by atoms with van der Waals surface area (Å²) in [4.78, 5) is 4.68. The molecule has 5 nitrogen and oxygen atoms in total. The van der Waals surface area contributed by atoms with E-state index in [0.717, 1.165) is 60.7 Å². The summed E-state index contributed by atoms with van der Waals surface area (Å²) in [7, 11) is 2.15. The number of aryl methyl sites for hydroxylation is 1. The fourth-order valence-corrected chi connectivity index (χ4v) is 7.96. The third kappa shape index (κ3) is 10.2. The molecule has 5 rings (SSSR count). The minimum Gasteiger partial charge on any atom is -0.326 e. The van der Waals surface area contributed by atoms with E-state index in [1.807, 2.05) is 18.2 Å². The van der Waals surface area contributed by atoms with Crippen LogP contribution in [0.4, 0.5) is 14.5 Å². The first-order chi connectivity index (χ1) is 24.9. The zero-order chi connectivity index (χ0) is 36.2. The summed E-state index contributed by atoms with van der Waals surface area (Å²) in [6, 6.07) is 16.4. The summed E-state index contributed by atoms with van der Waals surface area (Å²) >= 11 is 0.